The van der Waals surface area contributed by atoms with Gasteiger partial charge in [0.05, 0.1) is 17.4 Å². The minimum atomic E-state index is -3.27. The van der Waals surface area contributed by atoms with E-state index in [1.165, 1.54) is 0 Å². The lowest BCUT2D eigenvalue weighted by Crippen LogP contribution is -2.42. The predicted octanol–water partition coefficient (Wildman–Crippen LogP) is 2.96. The Morgan fingerprint density at radius 3 is 2.28 bits per heavy atom. The molecule has 2 aromatic rings. The minimum Gasteiger partial charge on any atom is -0.382 e. The molecule has 0 atom stereocenters. The van der Waals surface area contributed by atoms with Gasteiger partial charge < -0.3 is 5.32 Å². The molecule has 3 rings (SSSR count). The highest BCUT2D eigenvalue weighted by atomic mass is 32.2. The van der Waals surface area contributed by atoms with Crippen LogP contribution in [0.15, 0.2) is 54.6 Å². The van der Waals surface area contributed by atoms with Gasteiger partial charge in [-0.15, -0.1) is 0 Å². The van der Waals surface area contributed by atoms with Gasteiger partial charge in [0.1, 0.15) is 0 Å². The van der Waals surface area contributed by atoms with E-state index in [0.717, 1.165) is 24.1 Å². The van der Waals surface area contributed by atoms with Crippen molar-refractivity contribution in [1.82, 2.24) is 4.31 Å². The molecule has 0 unspecified atom stereocenters. The Morgan fingerprint density at radius 2 is 1.68 bits per heavy atom. The Hall–Kier alpha value is -2.36. The molecule has 0 aromatic heterocycles. The monoisotopic (exact) mass is 355 g/mol. The number of sulfonamides is 1. The number of nitrogens with one attached hydrogen (secondary N) is 1. The Morgan fingerprint density at radius 1 is 1.04 bits per heavy atom. The summed E-state index contributed by atoms with van der Waals surface area (Å²) in [6, 6.07) is 19.0. The number of hydrogen-bond acceptors (Lipinski definition) is 4. The number of benzene rings is 2. The molecule has 1 fully saturated rings. The van der Waals surface area contributed by atoms with Crippen LogP contribution in [0.5, 0.6) is 0 Å². The highest BCUT2D eigenvalue weighted by Gasteiger charge is 2.28. The molecule has 0 radical (unpaired) electrons. The number of anilines is 1. The summed E-state index contributed by atoms with van der Waals surface area (Å²) in [5, 5.41) is 12.3. The van der Waals surface area contributed by atoms with Crippen molar-refractivity contribution in [3.05, 3.63) is 65.7 Å². The molecule has 1 N–H and O–H groups in total. The predicted molar refractivity (Wildman–Crippen MR) is 98.4 cm³/mol. The van der Waals surface area contributed by atoms with Gasteiger partial charge in [-0.1, -0.05) is 30.3 Å². The normalized spacial score (nSPS) is 16.3. The average Bonchev–Trinajstić information content (AvgIpc) is 2.63. The third-order valence-corrected chi connectivity index (χ3v) is 6.27. The molecule has 5 nitrogen and oxygen atoms in total. The fraction of sp³-hybridized carbons (Fsp3) is 0.316. The van der Waals surface area contributed by atoms with Crippen molar-refractivity contribution in [3.8, 4) is 6.07 Å². The van der Waals surface area contributed by atoms with Crippen LogP contribution in [0.4, 0.5) is 5.69 Å². The molecular formula is C19H21N3O2S. The van der Waals surface area contributed by atoms with Gasteiger partial charge >= 0.3 is 0 Å². The molecule has 1 aliphatic heterocycles. The molecule has 1 aliphatic rings. The van der Waals surface area contributed by atoms with Gasteiger partial charge in [0, 0.05) is 24.8 Å². The third-order valence-electron chi connectivity index (χ3n) is 4.42. The topological polar surface area (TPSA) is 73.2 Å². The van der Waals surface area contributed by atoms with Gasteiger partial charge in [-0.2, -0.15) is 5.26 Å². The summed E-state index contributed by atoms with van der Waals surface area (Å²) in [5.41, 5.74) is 2.41. The van der Waals surface area contributed by atoms with Crippen LogP contribution < -0.4 is 5.32 Å². The van der Waals surface area contributed by atoms with Crippen LogP contribution in [-0.2, 0) is 15.8 Å². The van der Waals surface area contributed by atoms with Gasteiger partial charge in [0.25, 0.3) is 0 Å². The summed E-state index contributed by atoms with van der Waals surface area (Å²) in [6.45, 7) is 1.06. The summed E-state index contributed by atoms with van der Waals surface area (Å²) < 4.78 is 26.7. The van der Waals surface area contributed by atoms with Crippen molar-refractivity contribution in [3.63, 3.8) is 0 Å². The number of hydrogen-bond donors (Lipinski definition) is 1. The van der Waals surface area contributed by atoms with Gasteiger partial charge in [0.2, 0.25) is 10.0 Å². The second-order valence-corrected chi connectivity index (χ2v) is 8.22. The van der Waals surface area contributed by atoms with Crippen LogP contribution in [0, 0.1) is 11.3 Å². The second kappa shape index (κ2) is 7.68. The van der Waals surface area contributed by atoms with Gasteiger partial charge in [0.15, 0.2) is 0 Å². The first-order chi connectivity index (χ1) is 12.1. The van der Waals surface area contributed by atoms with Crippen molar-refractivity contribution in [2.75, 3.05) is 18.4 Å². The maximum absolute atomic E-state index is 12.6. The van der Waals surface area contributed by atoms with E-state index in [0.29, 0.717) is 18.7 Å². The van der Waals surface area contributed by atoms with Crippen molar-refractivity contribution in [2.24, 2.45) is 0 Å². The van der Waals surface area contributed by atoms with E-state index in [-0.39, 0.29) is 11.8 Å². The maximum Gasteiger partial charge on any atom is 0.218 e. The highest BCUT2D eigenvalue weighted by Crippen LogP contribution is 2.21. The molecule has 0 spiro atoms. The van der Waals surface area contributed by atoms with Gasteiger partial charge in [-0.3, -0.25) is 0 Å². The lowest BCUT2D eigenvalue weighted by atomic mass is 10.1. The van der Waals surface area contributed by atoms with E-state index in [1.807, 2.05) is 42.5 Å². The summed E-state index contributed by atoms with van der Waals surface area (Å²) in [7, 11) is -3.27. The van der Waals surface area contributed by atoms with Gasteiger partial charge in [-0.05, 0) is 42.7 Å². The first-order valence-corrected chi connectivity index (χ1v) is 9.96. The molecule has 0 saturated carbocycles. The lowest BCUT2D eigenvalue weighted by Gasteiger charge is -2.32. The minimum absolute atomic E-state index is 0.0571. The quantitative estimate of drug-likeness (QED) is 0.895. The average molecular weight is 355 g/mol. The largest absolute Gasteiger partial charge is 0.382 e. The van der Waals surface area contributed by atoms with E-state index in [9.17, 15) is 8.42 Å². The molecule has 0 amide bonds. The van der Waals surface area contributed by atoms with Crippen LogP contribution in [0.1, 0.15) is 24.0 Å². The van der Waals surface area contributed by atoms with Crippen LogP contribution in [0.2, 0.25) is 0 Å². The zero-order valence-corrected chi connectivity index (χ0v) is 14.7. The summed E-state index contributed by atoms with van der Waals surface area (Å²) in [5.74, 6) is 0.0571. The van der Waals surface area contributed by atoms with E-state index in [4.69, 9.17) is 5.26 Å². The van der Waals surface area contributed by atoms with Crippen LogP contribution in [-0.4, -0.2) is 31.9 Å². The van der Waals surface area contributed by atoms with E-state index in [1.54, 1.807) is 16.4 Å². The van der Waals surface area contributed by atoms with E-state index < -0.39 is 10.0 Å². The van der Waals surface area contributed by atoms with Crippen molar-refractivity contribution in [2.45, 2.75) is 24.6 Å². The van der Waals surface area contributed by atoms with Crippen molar-refractivity contribution in [1.29, 1.82) is 5.26 Å². The van der Waals surface area contributed by atoms with E-state index >= 15 is 0 Å². The first kappa shape index (κ1) is 17.5. The molecule has 1 heterocycles. The second-order valence-electron chi connectivity index (χ2n) is 6.25. The standard InChI is InChI=1S/C19H21N3O2S/c20-14-16-6-8-18(9-7-16)21-19-10-12-22(13-11-19)25(23,24)15-17-4-2-1-3-5-17/h1-9,19,21H,10-13,15H2. The summed E-state index contributed by atoms with van der Waals surface area (Å²) >= 11 is 0. The number of piperidine rings is 1. The smallest absolute Gasteiger partial charge is 0.218 e. The Bertz CT molecular complexity index is 834. The van der Waals surface area contributed by atoms with Gasteiger partial charge in [-0.25, -0.2) is 12.7 Å². The maximum atomic E-state index is 12.6. The molecule has 1 saturated heterocycles. The SMILES string of the molecule is N#Cc1ccc(NC2CCN(S(=O)(=O)Cc3ccccc3)CC2)cc1. The molecule has 6 heteroatoms. The van der Waals surface area contributed by atoms with Crippen LogP contribution in [0.25, 0.3) is 0 Å². The van der Waals surface area contributed by atoms with Crippen LogP contribution in [0.3, 0.4) is 0 Å². The van der Waals surface area contributed by atoms with E-state index in [2.05, 4.69) is 11.4 Å². The fourth-order valence-electron chi connectivity index (χ4n) is 3.03. The van der Waals surface area contributed by atoms with Crippen molar-refractivity contribution >= 4 is 15.7 Å². The zero-order valence-electron chi connectivity index (χ0n) is 13.9. The molecule has 0 aliphatic carbocycles. The number of nitrogens with zero attached hydrogens (tertiary/aromatic N) is 2. The Kier molecular flexibility index (Phi) is 5.37. The highest BCUT2D eigenvalue weighted by molar-refractivity contribution is 7.88. The molecule has 2 aromatic carbocycles. The molecular weight excluding hydrogens is 334 g/mol. The Labute approximate surface area is 149 Å². The Balaban J connectivity index is 1.55. The zero-order chi connectivity index (χ0) is 17.7. The lowest BCUT2D eigenvalue weighted by molar-refractivity contribution is 0.329. The van der Waals surface area contributed by atoms with Crippen LogP contribution >= 0.6 is 0 Å². The third kappa shape index (κ3) is 4.59. The molecule has 130 valence electrons. The fourth-order valence-corrected chi connectivity index (χ4v) is 4.59. The summed E-state index contributed by atoms with van der Waals surface area (Å²) in [4.78, 5) is 0. The van der Waals surface area contributed by atoms with Crippen molar-refractivity contribution < 1.29 is 8.42 Å². The molecule has 0 bridgehead atoms. The summed E-state index contributed by atoms with van der Waals surface area (Å²) in [6.07, 6.45) is 1.54. The molecule has 25 heavy (non-hydrogen) atoms. The number of rotatable bonds is 5. The number of nitriles is 1. The first-order valence-electron chi connectivity index (χ1n) is 8.35.